The maximum Gasteiger partial charge on any atom is 0.391 e. The molecule has 0 bridgehead atoms. The highest BCUT2D eigenvalue weighted by Gasteiger charge is 2.44. The summed E-state index contributed by atoms with van der Waals surface area (Å²) in [5, 5.41) is 27.3. The van der Waals surface area contributed by atoms with Crippen LogP contribution in [0, 0.1) is 12.8 Å². The minimum Gasteiger partial charge on any atom is -0.434 e. The van der Waals surface area contributed by atoms with Crippen molar-refractivity contribution >= 4 is 15.7 Å². The van der Waals surface area contributed by atoms with Crippen molar-refractivity contribution in [3.63, 3.8) is 0 Å². The second-order valence-corrected chi connectivity index (χ2v) is 12.8. The van der Waals surface area contributed by atoms with Crippen molar-refractivity contribution in [2.24, 2.45) is 5.92 Å². The minimum absolute atomic E-state index is 0.0759. The van der Waals surface area contributed by atoms with Crippen LogP contribution in [0.2, 0.25) is 0 Å². The molecule has 230 valence electrons. The van der Waals surface area contributed by atoms with E-state index in [-0.39, 0.29) is 59.6 Å². The Balaban J connectivity index is 1.89. The Morgan fingerprint density at radius 1 is 1.32 bits per heavy atom. The summed E-state index contributed by atoms with van der Waals surface area (Å²) >= 11 is 0. The highest BCUT2D eigenvalue weighted by molar-refractivity contribution is 7.91. The van der Waals surface area contributed by atoms with Crippen LogP contribution in [0.4, 0.5) is 22.0 Å². The molecule has 4 atom stereocenters. The number of alkyl halides is 5. The Kier molecular flexibility index (Phi) is 9.75. The molecular weight excluding hydrogens is 577 g/mol. The summed E-state index contributed by atoms with van der Waals surface area (Å²) in [6, 6.07) is 3.82. The lowest BCUT2D eigenvalue weighted by molar-refractivity contribution is -0.169. The molecule has 15 heteroatoms. The highest BCUT2D eigenvalue weighted by Crippen LogP contribution is 2.37. The van der Waals surface area contributed by atoms with Crippen LogP contribution < -0.4 is 10.1 Å². The monoisotopic (exact) mass is 611 g/mol. The van der Waals surface area contributed by atoms with Crippen LogP contribution in [0.15, 0.2) is 18.2 Å². The molecule has 9 nitrogen and oxygen atoms in total. The molecule has 0 radical (unpaired) electrons. The van der Waals surface area contributed by atoms with Crippen LogP contribution in [0.25, 0.3) is 11.3 Å². The lowest BCUT2D eigenvalue weighted by Crippen LogP contribution is -2.56. The summed E-state index contributed by atoms with van der Waals surface area (Å²) < 4.78 is 95.4. The average molecular weight is 612 g/mol. The molecular formula is C26H34F5N3O6S. The number of ether oxygens (including phenoxy) is 1. The first kappa shape index (κ1) is 32.7. The Morgan fingerprint density at radius 3 is 2.51 bits per heavy atom. The molecule has 2 aromatic rings. The number of aromatic nitrogens is 2. The number of sulfone groups is 1. The summed E-state index contributed by atoms with van der Waals surface area (Å²) in [5.74, 6) is -2.84. The van der Waals surface area contributed by atoms with Crippen molar-refractivity contribution in [1.29, 1.82) is 0 Å². The maximum absolute atomic E-state index is 13.3. The van der Waals surface area contributed by atoms with Gasteiger partial charge in [-0.1, -0.05) is 13.0 Å². The molecule has 1 saturated carbocycles. The summed E-state index contributed by atoms with van der Waals surface area (Å²) in [6.45, 7) is 0.702. The minimum atomic E-state index is -4.47. The quantitative estimate of drug-likeness (QED) is 0.350. The van der Waals surface area contributed by atoms with Crippen LogP contribution in [-0.4, -0.2) is 76.9 Å². The van der Waals surface area contributed by atoms with Crippen molar-refractivity contribution in [2.45, 2.75) is 82.7 Å². The van der Waals surface area contributed by atoms with Crippen molar-refractivity contribution in [1.82, 2.24) is 15.1 Å². The van der Waals surface area contributed by atoms with Crippen LogP contribution in [0.3, 0.4) is 0 Å². The number of rotatable bonds is 10. The van der Waals surface area contributed by atoms with E-state index in [2.05, 4.69) is 15.2 Å². The first-order valence-corrected chi connectivity index (χ1v) is 14.9. The normalized spacial score (nSPS) is 22.5. The molecule has 0 saturated heterocycles. The molecule has 1 aliphatic carbocycles. The number of carbonyl (C=O) groups excluding carboxylic acids is 1. The molecule has 41 heavy (non-hydrogen) atoms. The van der Waals surface area contributed by atoms with Crippen LogP contribution >= 0.6 is 0 Å². The molecule has 1 heterocycles. The van der Waals surface area contributed by atoms with E-state index >= 15 is 0 Å². The van der Waals surface area contributed by atoms with Crippen molar-refractivity contribution in [3.05, 3.63) is 35.0 Å². The van der Waals surface area contributed by atoms with Gasteiger partial charge in [0.25, 0.3) is 5.91 Å². The van der Waals surface area contributed by atoms with Gasteiger partial charge >= 0.3 is 12.8 Å². The average Bonchev–Trinajstić information content (AvgIpc) is 3.19. The fraction of sp³-hybridized carbons (Fsp3) is 0.615. The summed E-state index contributed by atoms with van der Waals surface area (Å²) in [7, 11) is -3.43. The second-order valence-electron chi connectivity index (χ2n) is 10.5. The predicted octanol–water partition coefficient (Wildman–Crippen LogP) is 3.64. The van der Waals surface area contributed by atoms with Gasteiger partial charge in [0.05, 0.1) is 23.0 Å². The molecule has 1 fully saturated rings. The van der Waals surface area contributed by atoms with Crippen molar-refractivity contribution in [2.75, 3.05) is 12.8 Å². The number of aryl methyl sites for hydroxylation is 1. The lowest BCUT2D eigenvalue weighted by Gasteiger charge is -2.39. The molecule has 1 aromatic carbocycles. The van der Waals surface area contributed by atoms with E-state index in [1.54, 1.807) is 6.92 Å². The summed E-state index contributed by atoms with van der Waals surface area (Å²) in [6.07, 6.45) is -5.46. The van der Waals surface area contributed by atoms with E-state index in [1.807, 2.05) is 0 Å². The fourth-order valence-electron chi connectivity index (χ4n) is 4.97. The molecule has 1 aromatic heterocycles. The summed E-state index contributed by atoms with van der Waals surface area (Å²) in [4.78, 5) is 13.1. The molecule has 3 N–H and O–H groups in total. The van der Waals surface area contributed by atoms with Gasteiger partial charge in [-0.05, 0) is 57.2 Å². The number of hydrogen-bond donors (Lipinski definition) is 3. The molecule has 0 aliphatic heterocycles. The Hall–Kier alpha value is -2.78. The van der Waals surface area contributed by atoms with Crippen LogP contribution in [-0.2, 0) is 22.8 Å². The first-order valence-electron chi connectivity index (χ1n) is 13.0. The Labute approximate surface area is 234 Å². The largest absolute Gasteiger partial charge is 0.434 e. The van der Waals surface area contributed by atoms with Gasteiger partial charge in [-0.25, -0.2) is 8.42 Å². The van der Waals surface area contributed by atoms with Gasteiger partial charge in [-0.15, -0.1) is 0 Å². The van der Waals surface area contributed by atoms with Crippen molar-refractivity contribution < 1.29 is 50.1 Å². The van der Waals surface area contributed by atoms with Crippen LogP contribution in [0.5, 0.6) is 5.75 Å². The Morgan fingerprint density at radius 2 is 1.98 bits per heavy atom. The zero-order valence-electron chi connectivity index (χ0n) is 23.0. The number of carbonyl (C=O) groups is 1. The maximum atomic E-state index is 13.3. The zero-order chi connectivity index (χ0) is 30.9. The lowest BCUT2D eigenvalue weighted by atomic mass is 9.82. The van der Waals surface area contributed by atoms with E-state index in [4.69, 9.17) is 0 Å². The van der Waals surface area contributed by atoms with E-state index in [0.29, 0.717) is 0 Å². The molecule has 1 aliphatic rings. The number of halogens is 5. The SMILES string of the molecule is CCn1nc(C(=O)NC[C@@]2(O)CC[C@H](S(C)(=O)=O)C[C@@H]2O)c(C)c1-c1ccc(C[C@H](C)C(F)(F)F)cc1OC(F)F. The second kappa shape index (κ2) is 12.2. The number of benzene rings is 1. The number of amides is 1. The third-order valence-corrected chi connectivity index (χ3v) is 9.13. The topological polar surface area (TPSA) is 131 Å². The molecule has 0 spiro atoms. The Bertz CT molecular complexity index is 1360. The van der Waals surface area contributed by atoms with Gasteiger partial charge < -0.3 is 20.3 Å². The third kappa shape index (κ3) is 7.55. The standard InChI is InChI=1S/C26H34F5N3O6S/c1-5-34-22(18-7-6-16(10-14(2)26(29,30)31)11-19(18)40-24(27)28)15(3)21(33-34)23(36)32-13-25(37)9-8-17(12-20(25)35)41(4,38)39/h6-7,11,14,17,20,24,35,37H,5,8-10,12-13H2,1-4H3,(H,32,36)/t14-,17-,20-,25-/m0/s1. The van der Waals surface area contributed by atoms with E-state index in [9.17, 15) is 45.4 Å². The number of nitrogens with zero attached hydrogens (tertiary/aromatic N) is 2. The van der Waals surface area contributed by atoms with Gasteiger partial charge in [0.1, 0.15) is 21.2 Å². The first-order chi connectivity index (χ1) is 18.9. The van der Waals surface area contributed by atoms with Gasteiger partial charge in [-0.3, -0.25) is 9.48 Å². The molecule has 3 rings (SSSR count). The summed E-state index contributed by atoms with van der Waals surface area (Å²) in [5.41, 5.74) is -1.17. The zero-order valence-corrected chi connectivity index (χ0v) is 23.8. The smallest absolute Gasteiger partial charge is 0.391 e. The molecule has 0 unspecified atom stereocenters. The third-order valence-electron chi connectivity index (χ3n) is 7.49. The van der Waals surface area contributed by atoms with Crippen LogP contribution in [0.1, 0.15) is 54.7 Å². The van der Waals surface area contributed by atoms with Gasteiger partial charge in [-0.2, -0.15) is 27.1 Å². The number of hydrogen-bond acceptors (Lipinski definition) is 7. The van der Waals surface area contributed by atoms with Gasteiger partial charge in [0.15, 0.2) is 5.69 Å². The highest BCUT2D eigenvalue weighted by atomic mass is 32.2. The van der Waals surface area contributed by atoms with Gasteiger partial charge in [0, 0.05) is 30.5 Å². The van der Waals surface area contributed by atoms with E-state index in [0.717, 1.165) is 19.2 Å². The van der Waals surface area contributed by atoms with E-state index < -0.39 is 64.4 Å². The number of aliphatic hydroxyl groups excluding tert-OH is 1. The molecule has 1 amide bonds. The fourth-order valence-corrected chi connectivity index (χ4v) is 6.04. The predicted molar refractivity (Wildman–Crippen MR) is 139 cm³/mol. The van der Waals surface area contributed by atoms with Gasteiger partial charge in [0.2, 0.25) is 0 Å². The number of aliphatic hydroxyl groups is 2. The van der Waals surface area contributed by atoms with E-state index in [1.165, 1.54) is 23.7 Å². The van der Waals surface area contributed by atoms with Crippen molar-refractivity contribution in [3.8, 4) is 17.0 Å². The number of nitrogens with one attached hydrogen (secondary N) is 1.